The van der Waals surface area contributed by atoms with Gasteiger partial charge >= 0.3 is 0 Å². The van der Waals surface area contributed by atoms with E-state index in [9.17, 15) is 0 Å². The van der Waals surface area contributed by atoms with Crippen LogP contribution in [0.25, 0.3) is 0 Å². The van der Waals surface area contributed by atoms with Crippen molar-refractivity contribution in [1.82, 2.24) is 4.90 Å². The standard InChI is InChI=1S/C16H23NO2S/c1-2-8-18-14-10-16(19-12-14)6-4-7-17(13-16)11-15-5-3-9-20-15/h2-3,5,9,14H,1,4,6-8,10-13H2/t14-,16-/m0/s1. The van der Waals surface area contributed by atoms with Crippen LogP contribution in [0.4, 0.5) is 0 Å². The minimum absolute atomic E-state index is 0.0291. The van der Waals surface area contributed by atoms with Gasteiger partial charge in [-0.25, -0.2) is 0 Å². The van der Waals surface area contributed by atoms with E-state index in [1.165, 1.54) is 24.3 Å². The van der Waals surface area contributed by atoms with Crippen molar-refractivity contribution < 1.29 is 9.47 Å². The van der Waals surface area contributed by atoms with Gasteiger partial charge in [-0.1, -0.05) is 12.1 Å². The molecule has 1 spiro atoms. The molecule has 3 heterocycles. The molecule has 0 amide bonds. The molecule has 0 saturated carbocycles. The second-order valence-corrected chi connectivity index (χ2v) is 6.87. The molecular weight excluding hydrogens is 270 g/mol. The first kappa shape index (κ1) is 14.3. The summed E-state index contributed by atoms with van der Waals surface area (Å²) < 4.78 is 11.9. The first-order valence-electron chi connectivity index (χ1n) is 7.41. The normalized spacial score (nSPS) is 30.9. The number of hydrogen-bond acceptors (Lipinski definition) is 4. The SMILES string of the molecule is C=CCO[C@@H]1CO[C@@]2(CCCN(Cc3cccs3)C2)C1. The molecule has 0 radical (unpaired) electrons. The highest BCUT2D eigenvalue weighted by Gasteiger charge is 2.43. The molecule has 2 fully saturated rings. The van der Waals surface area contributed by atoms with Crippen molar-refractivity contribution in [3.8, 4) is 0 Å². The summed E-state index contributed by atoms with van der Waals surface area (Å²) in [6.07, 6.45) is 5.48. The molecule has 0 bridgehead atoms. The molecule has 1 aromatic rings. The molecule has 2 aliphatic rings. The van der Waals surface area contributed by atoms with Crippen LogP contribution in [0.15, 0.2) is 30.2 Å². The number of likely N-dealkylation sites (tertiary alicyclic amines) is 1. The lowest BCUT2D eigenvalue weighted by molar-refractivity contribution is -0.0542. The van der Waals surface area contributed by atoms with E-state index in [1.54, 1.807) is 0 Å². The van der Waals surface area contributed by atoms with Gasteiger partial charge in [0.05, 0.1) is 24.9 Å². The van der Waals surface area contributed by atoms with Crippen LogP contribution in [-0.4, -0.2) is 42.9 Å². The number of nitrogens with zero attached hydrogens (tertiary/aromatic N) is 1. The maximum atomic E-state index is 6.14. The predicted molar refractivity (Wildman–Crippen MR) is 82.1 cm³/mol. The lowest BCUT2D eigenvalue weighted by atomic mass is 9.89. The lowest BCUT2D eigenvalue weighted by Gasteiger charge is -2.39. The van der Waals surface area contributed by atoms with Crippen molar-refractivity contribution in [1.29, 1.82) is 0 Å². The van der Waals surface area contributed by atoms with Gasteiger partial charge < -0.3 is 9.47 Å². The Morgan fingerprint density at radius 2 is 2.55 bits per heavy atom. The minimum atomic E-state index is 0.0291. The fourth-order valence-electron chi connectivity index (χ4n) is 3.35. The van der Waals surface area contributed by atoms with Gasteiger partial charge in [-0.3, -0.25) is 4.90 Å². The Kier molecular flexibility index (Phi) is 4.56. The third-order valence-corrected chi connectivity index (χ3v) is 5.06. The van der Waals surface area contributed by atoms with Crippen LogP contribution in [0.1, 0.15) is 24.1 Å². The Bertz CT molecular complexity index is 434. The highest BCUT2D eigenvalue weighted by atomic mass is 32.1. The number of hydrogen-bond donors (Lipinski definition) is 0. The van der Waals surface area contributed by atoms with Gasteiger partial charge in [-0.2, -0.15) is 0 Å². The molecule has 0 aliphatic carbocycles. The molecule has 4 heteroatoms. The number of rotatable bonds is 5. The second-order valence-electron chi connectivity index (χ2n) is 5.84. The van der Waals surface area contributed by atoms with Gasteiger partial charge in [-0.15, -0.1) is 17.9 Å². The summed E-state index contributed by atoms with van der Waals surface area (Å²) >= 11 is 1.84. The van der Waals surface area contributed by atoms with Crippen LogP contribution in [-0.2, 0) is 16.0 Å². The number of piperidine rings is 1. The molecule has 0 N–H and O–H groups in total. The van der Waals surface area contributed by atoms with Crippen molar-refractivity contribution >= 4 is 11.3 Å². The van der Waals surface area contributed by atoms with E-state index in [-0.39, 0.29) is 11.7 Å². The van der Waals surface area contributed by atoms with Crippen molar-refractivity contribution in [2.24, 2.45) is 0 Å². The number of ether oxygens (including phenoxy) is 2. The summed E-state index contributed by atoms with van der Waals surface area (Å²) in [6, 6.07) is 4.35. The zero-order valence-electron chi connectivity index (χ0n) is 11.9. The summed E-state index contributed by atoms with van der Waals surface area (Å²) in [5.74, 6) is 0. The maximum absolute atomic E-state index is 6.14. The Labute approximate surface area is 125 Å². The van der Waals surface area contributed by atoms with Gasteiger partial charge in [0.15, 0.2) is 0 Å². The molecule has 1 aromatic heterocycles. The summed E-state index contributed by atoms with van der Waals surface area (Å²) in [7, 11) is 0. The molecule has 2 atom stereocenters. The molecule has 2 saturated heterocycles. The Morgan fingerprint density at radius 3 is 3.35 bits per heavy atom. The molecule has 0 unspecified atom stereocenters. The second kappa shape index (κ2) is 6.39. The topological polar surface area (TPSA) is 21.7 Å². The molecule has 20 heavy (non-hydrogen) atoms. The van der Waals surface area contributed by atoms with Crippen molar-refractivity contribution in [2.75, 3.05) is 26.3 Å². The van der Waals surface area contributed by atoms with Crippen LogP contribution in [0.2, 0.25) is 0 Å². The zero-order valence-corrected chi connectivity index (χ0v) is 12.7. The summed E-state index contributed by atoms with van der Waals surface area (Å²) in [5, 5.41) is 2.15. The summed E-state index contributed by atoms with van der Waals surface area (Å²) in [4.78, 5) is 3.98. The third-order valence-electron chi connectivity index (χ3n) is 4.20. The van der Waals surface area contributed by atoms with Gasteiger partial charge in [0.1, 0.15) is 0 Å². The predicted octanol–water partition coefficient (Wildman–Crippen LogP) is 3.07. The smallest absolute Gasteiger partial charge is 0.0841 e. The van der Waals surface area contributed by atoms with E-state index in [0.717, 1.165) is 26.1 Å². The number of thiophene rings is 1. The molecular formula is C16H23NO2S. The first-order valence-corrected chi connectivity index (χ1v) is 8.29. The fraction of sp³-hybridized carbons (Fsp3) is 0.625. The largest absolute Gasteiger partial charge is 0.372 e. The van der Waals surface area contributed by atoms with Crippen molar-refractivity contribution in [2.45, 2.75) is 37.5 Å². The Balaban J connectivity index is 1.56. The van der Waals surface area contributed by atoms with Crippen LogP contribution in [0.3, 0.4) is 0 Å². The van der Waals surface area contributed by atoms with Crippen molar-refractivity contribution in [3.63, 3.8) is 0 Å². The quantitative estimate of drug-likeness (QED) is 0.779. The average molecular weight is 293 g/mol. The van der Waals surface area contributed by atoms with Crippen LogP contribution in [0, 0.1) is 0 Å². The highest BCUT2D eigenvalue weighted by Crippen LogP contribution is 2.36. The van der Waals surface area contributed by atoms with Crippen LogP contribution >= 0.6 is 11.3 Å². The molecule has 3 nitrogen and oxygen atoms in total. The highest BCUT2D eigenvalue weighted by molar-refractivity contribution is 7.09. The fourth-order valence-corrected chi connectivity index (χ4v) is 4.09. The van der Waals surface area contributed by atoms with E-state index >= 15 is 0 Å². The van der Waals surface area contributed by atoms with Crippen LogP contribution < -0.4 is 0 Å². The Hall–Kier alpha value is -0.680. The van der Waals surface area contributed by atoms with Gasteiger partial charge in [0, 0.05) is 24.4 Å². The van der Waals surface area contributed by atoms with Crippen LogP contribution in [0.5, 0.6) is 0 Å². The van der Waals surface area contributed by atoms with Gasteiger partial charge in [0.25, 0.3) is 0 Å². The average Bonchev–Trinajstić information content (AvgIpc) is 3.07. The van der Waals surface area contributed by atoms with Crippen molar-refractivity contribution in [3.05, 3.63) is 35.0 Å². The lowest BCUT2D eigenvalue weighted by Crippen LogP contribution is -2.47. The molecule has 3 rings (SSSR count). The molecule has 0 aromatic carbocycles. The van der Waals surface area contributed by atoms with E-state index in [2.05, 4.69) is 29.0 Å². The maximum Gasteiger partial charge on any atom is 0.0841 e. The zero-order chi connectivity index (χ0) is 13.8. The van der Waals surface area contributed by atoms with E-state index < -0.39 is 0 Å². The van der Waals surface area contributed by atoms with Gasteiger partial charge in [-0.05, 0) is 30.8 Å². The molecule has 110 valence electrons. The summed E-state index contributed by atoms with van der Waals surface area (Å²) in [6.45, 7) is 8.35. The summed E-state index contributed by atoms with van der Waals surface area (Å²) in [5.41, 5.74) is 0.0291. The van der Waals surface area contributed by atoms with E-state index in [0.29, 0.717) is 6.61 Å². The molecule has 2 aliphatic heterocycles. The van der Waals surface area contributed by atoms with Gasteiger partial charge in [0.2, 0.25) is 0 Å². The first-order chi connectivity index (χ1) is 9.80. The van der Waals surface area contributed by atoms with E-state index in [4.69, 9.17) is 9.47 Å². The third kappa shape index (κ3) is 3.31. The minimum Gasteiger partial charge on any atom is -0.372 e. The Morgan fingerprint density at radius 1 is 1.60 bits per heavy atom. The van der Waals surface area contributed by atoms with E-state index in [1.807, 2.05) is 17.4 Å². The monoisotopic (exact) mass is 293 g/mol.